The highest BCUT2D eigenvalue weighted by atomic mass is 16.3. The predicted octanol–water partition coefficient (Wildman–Crippen LogP) is 2.02. The third-order valence-corrected chi connectivity index (χ3v) is 2.29. The monoisotopic (exact) mass is 230 g/mol. The summed E-state index contributed by atoms with van der Waals surface area (Å²) in [5, 5.41) is 2.72. The summed E-state index contributed by atoms with van der Waals surface area (Å²) in [5.41, 5.74) is 1.56. The number of nitrogens with zero attached hydrogens (tertiary/aromatic N) is 1. The number of likely N-dealkylation sites (N-methyl/N-ethyl adjacent to an activating group) is 1. The first-order chi connectivity index (χ1) is 8.29. The van der Waals surface area contributed by atoms with E-state index in [1.165, 1.54) is 6.26 Å². The second-order valence-corrected chi connectivity index (χ2v) is 3.64. The number of amides is 1. The van der Waals surface area contributed by atoms with Crippen LogP contribution in [-0.4, -0.2) is 17.4 Å². The summed E-state index contributed by atoms with van der Waals surface area (Å²) in [7, 11) is 0. The maximum absolute atomic E-state index is 11.4. The zero-order valence-electron chi connectivity index (χ0n) is 9.64. The van der Waals surface area contributed by atoms with Gasteiger partial charge in [0.05, 0.1) is 12.1 Å². The predicted molar refractivity (Wildman–Crippen MR) is 64.3 cm³/mol. The summed E-state index contributed by atoms with van der Waals surface area (Å²) in [6, 6.07) is 9.61. The average Bonchev–Trinajstić information content (AvgIpc) is 2.79. The van der Waals surface area contributed by atoms with Gasteiger partial charge >= 0.3 is 0 Å². The number of hydrogen-bond acceptors (Lipinski definition) is 3. The van der Waals surface area contributed by atoms with Crippen molar-refractivity contribution < 1.29 is 9.21 Å². The number of aromatic nitrogens is 1. The van der Waals surface area contributed by atoms with Crippen LogP contribution in [0.2, 0.25) is 0 Å². The van der Waals surface area contributed by atoms with Crippen LogP contribution in [0, 0.1) is 0 Å². The number of carbonyl (C=O) groups is 1. The largest absolute Gasteiger partial charge is 0.444 e. The molecule has 1 amide bonds. The first kappa shape index (κ1) is 11.4. The second-order valence-electron chi connectivity index (χ2n) is 3.64. The first-order valence-corrected chi connectivity index (χ1v) is 5.56. The molecule has 0 radical (unpaired) electrons. The molecule has 1 heterocycles. The molecule has 17 heavy (non-hydrogen) atoms. The number of benzene rings is 1. The van der Waals surface area contributed by atoms with Crippen LogP contribution < -0.4 is 5.32 Å². The molecule has 88 valence electrons. The van der Waals surface area contributed by atoms with E-state index in [0.29, 0.717) is 18.1 Å². The van der Waals surface area contributed by atoms with Gasteiger partial charge in [-0.25, -0.2) is 4.98 Å². The first-order valence-electron chi connectivity index (χ1n) is 5.56. The minimum absolute atomic E-state index is 0.0413. The lowest BCUT2D eigenvalue weighted by molar-refractivity contribution is -0.120. The van der Waals surface area contributed by atoms with E-state index in [0.717, 1.165) is 5.56 Å². The van der Waals surface area contributed by atoms with Crippen LogP contribution in [-0.2, 0) is 11.2 Å². The van der Waals surface area contributed by atoms with E-state index in [-0.39, 0.29) is 12.3 Å². The molecule has 0 saturated carbocycles. The number of carbonyl (C=O) groups excluding carboxylic acids is 1. The molecule has 0 fully saturated rings. The Balaban J connectivity index is 2.09. The van der Waals surface area contributed by atoms with Crippen molar-refractivity contribution in [2.75, 3.05) is 6.54 Å². The zero-order chi connectivity index (χ0) is 12.1. The molecule has 1 N–H and O–H groups in total. The smallest absolute Gasteiger partial charge is 0.226 e. The molecule has 0 aliphatic heterocycles. The van der Waals surface area contributed by atoms with Gasteiger partial charge in [0.25, 0.3) is 0 Å². The summed E-state index contributed by atoms with van der Waals surface area (Å²) in [6.45, 7) is 2.51. The van der Waals surface area contributed by atoms with Crippen molar-refractivity contribution in [2.45, 2.75) is 13.3 Å². The average molecular weight is 230 g/mol. The highest BCUT2D eigenvalue weighted by Crippen LogP contribution is 2.17. The van der Waals surface area contributed by atoms with Gasteiger partial charge in [-0.05, 0) is 19.1 Å². The lowest BCUT2D eigenvalue weighted by Crippen LogP contribution is -2.24. The Morgan fingerprint density at radius 3 is 2.82 bits per heavy atom. The summed E-state index contributed by atoms with van der Waals surface area (Å²) in [5.74, 6) is 0.505. The summed E-state index contributed by atoms with van der Waals surface area (Å²) in [6.07, 6.45) is 1.78. The molecular weight excluding hydrogens is 216 g/mol. The quantitative estimate of drug-likeness (QED) is 0.874. The number of nitrogens with one attached hydrogen (secondary N) is 1. The minimum Gasteiger partial charge on any atom is -0.444 e. The van der Waals surface area contributed by atoms with Gasteiger partial charge in [0.15, 0.2) is 0 Å². The minimum atomic E-state index is -0.0413. The van der Waals surface area contributed by atoms with Crippen molar-refractivity contribution in [1.82, 2.24) is 10.3 Å². The Morgan fingerprint density at radius 2 is 2.12 bits per heavy atom. The van der Waals surface area contributed by atoms with Gasteiger partial charge in [-0.3, -0.25) is 4.79 Å². The van der Waals surface area contributed by atoms with E-state index in [9.17, 15) is 4.79 Å². The molecule has 1 aromatic heterocycles. The van der Waals surface area contributed by atoms with Gasteiger partial charge < -0.3 is 9.73 Å². The van der Waals surface area contributed by atoms with E-state index in [2.05, 4.69) is 10.3 Å². The van der Waals surface area contributed by atoms with Crippen molar-refractivity contribution >= 4 is 5.91 Å². The van der Waals surface area contributed by atoms with E-state index in [1.807, 2.05) is 37.3 Å². The molecule has 1 aromatic carbocycles. The van der Waals surface area contributed by atoms with Crippen molar-refractivity contribution in [3.8, 4) is 11.5 Å². The number of hydrogen-bond donors (Lipinski definition) is 1. The van der Waals surface area contributed by atoms with Gasteiger partial charge in [-0.1, -0.05) is 18.2 Å². The Bertz CT molecular complexity index is 491. The number of rotatable bonds is 4. The molecule has 0 bridgehead atoms. The molecule has 0 unspecified atom stereocenters. The molecule has 2 rings (SSSR count). The van der Waals surface area contributed by atoms with Crippen molar-refractivity contribution in [3.63, 3.8) is 0 Å². The van der Waals surface area contributed by atoms with Gasteiger partial charge in [0.2, 0.25) is 11.8 Å². The summed E-state index contributed by atoms with van der Waals surface area (Å²) >= 11 is 0. The van der Waals surface area contributed by atoms with Crippen LogP contribution in [0.25, 0.3) is 11.5 Å². The van der Waals surface area contributed by atoms with Crippen LogP contribution in [0.3, 0.4) is 0 Å². The Kier molecular flexibility index (Phi) is 3.55. The fourth-order valence-corrected chi connectivity index (χ4v) is 1.53. The second kappa shape index (κ2) is 5.30. The van der Waals surface area contributed by atoms with Gasteiger partial charge in [-0.2, -0.15) is 0 Å². The maximum atomic E-state index is 11.4. The Hall–Kier alpha value is -2.10. The van der Waals surface area contributed by atoms with E-state index < -0.39 is 0 Å². The van der Waals surface area contributed by atoms with Gasteiger partial charge in [0, 0.05) is 12.1 Å². The highest BCUT2D eigenvalue weighted by molar-refractivity contribution is 5.78. The van der Waals surface area contributed by atoms with Gasteiger partial charge in [-0.15, -0.1) is 0 Å². The molecule has 4 nitrogen and oxygen atoms in total. The molecule has 0 aliphatic carbocycles. The van der Waals surface area contributed by atoms with Crippen molar-refractivity contribution in [1.29, 1.82) is 0 Å². The van der Waals surface area contributed by atoms with Crippen molar-refractivity contribution in [3.05, 3.63) is 42.3 Å². The molecular formula is C13H14N2O2. The van der Waals surface area contributed by atoms with Crippen LogP contribution in [0.15, 0.2) is 41.0 Å². The van der Waals surface area contributed by atoms with Crippen LogP contribution in [0.4, 0.5) is 0 Å². The summed E-state index contributed by atoms with van der Waals surface area (Å²) in [4.78, 5) is 15.6. The molecule has 0 spiro atoms. The van der Waals surface area contributed by atoms with E-state index >= 15 is 0 Å². The zero-order valence-corrected chi connectivity index (χ0v) is 9.64. The molecule has 0 saturated heterocycles. The van der Waals surface area contributed by atoms with E-state index in [4.69, 9.17) is 4.42 Å². The Morgan fingerprint density at radius 1 is 1.35 bits per heavy atom. The van der Waals surface area contributed by atoms with Gasteiger partial charge in [0.1, 0.15) is 6.26 Å². The molecule has 0 atom stereocenters. The van der Waals surface area contributed by atoms with E-state index in [1.54, 1.807) is 0 Å². The third-order valence-electron chi connectivity index (χ3n) is 2.29. The SMILES string of the molecule is CCNC(=O)Cc1coc(-c2ccccc2)n1. The fraction of sp³-hybridized carbons (Fsp3) is 0.231. The fourth-order valence-electron chi connectivity index (χ4n) is 1.53. The van der Waals surface area contributed by atoms with Crippen LogP contribution in [0.1, 0.15) is 12.6 Å². The van der Waals surface area contributed by atoms with Crippen LogP contribution in [0.5, 0.6) is 0 Å². The summed E-state index contributed by atoms with van der Waals surface area (Å²) < 4.78 is 5.34. The number of oxazole rings is 1. The topological polar surface area (TPSA) is 55.1 Å². The van der Waals surface area contributed by atoms with Crippen molar-refractivity contribution in [2.24, 2.45) is 0 Å². The third kappa shape index (κ3) is 2.93. The lowest BCUT2D eigenvalue weighted by atomic mass is 10.2. The van der Waals surface area contributed by atoms with Crippen LogP contribution >= 0.6 is 0 Å². The molecule has 0 aliphatic rings. The maximum Gasteiger partial charge on any atom is 0.226 e. The Labute approximate surface area is 99.7 Å². The molecule has 4 heteroatoms. The lowest BCUT2D eigenvalue weighted by Gasteiger charge is -1.97. The normalized spacial score (nSPS) is 10.2. The standard InChI is InChI=1S/C13H14N2O2/c1-2-14-12(16)8-11-9-17-13(15-11)10-6-4-3-5-7-10/h3-7,9H,2,8H2,1H3,(H,14,16). The molecule has 2 aromatic rings. The highest BCUT2D eigenvalue weighted by Gasteiger charge is 2.09.